The number of hydrogen-bond acceptors (Lipinski definition) is 4. The molecular weight excluding hydrogens is 408 g/mol. The van der Waals surface area contributed by atoms with Gasteiger partial charge in [0.25, 0.3) is 0 Å². The summed E-state index contributed by atoms with van der Waals surface area (Å²) in [7, 11) is 0. The second-order valence-corrected chi connectivity index (χ2v) is 8.33. The first-order valence-corrected chi connectivity index (χ1v) is 9.67. The summed E-state index contributed by atoms with van der Waals surface area (Å²) in [6.07, 6.45) is -5.05. The van der Waals surface area contributed by atoms with Gasteiger partial charge in [-0.2, -0.15) is 13.2 Å². The molecule has 1 aliphatic rings. The predicted octanol–water partition coefficient (Wildman–Crippen LogP) is 4.84. The van der Waals surface area contributed by atoms with Crippen molar-refractivity contribution in [3.05, 3.63) is 34.8 Å². The fourth-order valence-corrected chi connectivity index (χ4v) is 3.34. The van der Waals surface area contributed by atoms with Gasteiger partial charge in [0.05, 0.1) is 18.0 Å². The lowest BCUT2D eigenvalue weighted by Gasteiger charge is -2.42. The third kappa shape index (κ3) is 5.48. The Kier molecular flexibility index (Phi) is 6.82. The van der Waals surface area contributed by atoms with Crippen molar-refractivity contribution in [1.29, 1.82) is 0 Å². The SMILES string of the molecule is CC[N+]([O-])(C(=O)C1CCN(C(=O)OC(C)(C)C)CC1)c1cc(F)cc(C(F)(F)F)c1. The first-order chi connectivity index (χ1) is 13.7. The lowest BCUT2D eigenvalue weighted by Crippen LogP contribution is -2.54. The molecular formula is C20H26F4N2O4. The summed E-state index contributed by atoms with van der Waals surface area (Å²) in [6.45, 7) is 6.49. The zero-order chi connectivity index (χ0) is 22.9. The molecule has 0 saturated carbocycles. The highest BCUT2D eigenvalue weighted by atomic mass is 19.4. The van der Waals surface area contributed by atoms with E-state index in [9.17, 15) is 32.4 Å². The standard InChI is InChI=1S/C20H26F4N2O4/c1-5-26(29,16-11-14(20(22,23)24)10-15(21)12-16)17(27)13-6-8-25(9-7-13)18(28)30-19(2,3)4/h10-13H,5-9H2,1-4H3. The van der Waals surface area contributed by atoms with Crippen LogP contribution in [0.5, 0.6) is 0 Å². The van der Waals surface area contributed by atoms with Crippen LogP contribution in [0.25, 0.3) is 0 Å². The molecule has 2 rings (SSSR count). The summed E-state index contributed by atoms with van der Waals surface area (Å²) in [5.74, 6) is -2.85. The van der Waals surface area contributed by atoms with Crippen molar-refractivity contribution in [2.24, 2.45) is 5.92 Å². The number of carbonyl (C=O) groups is 2. The van der Waals surface area contributed by atoms with Crippen LogP contribution in [0, 0.1) is 16.9 Å². The Hall–Kier alpha value is -2.20. The molecule has 0 spiro atoms. The van der Waals surface area contributed by atoms with Gasteiger partial charge in [0.15, 0.2) is 0 Å². The van der Waals surface area contributed by atoms with Gasteiger partial charge >= 0.3 is 18.2 Å². The van der Waals surface area contributed by atoms with Gasteiger partial charge in [-0.15, -0.1) is 0 Å². The van der Waals surface area contributed by atoms with Gasteiger partial charge in [0.1, 0.15) is 17.1 Å². The van der Waals surface area contributed by atoms with Crippen molar-refractivity contribution in [2.75, 3.05) is 19.6 Å². The fraction of sp³-hybridized carbons (Fsp3) is 0.600. The van der Waals surface area contributed by atoms with Crippen LogP contribution >= 0.6 is 0 Å². The molecule has 168 valence electrons. The van der Waals surface area contributed by atoms with Crippen LogP contribution in [0.4, 0.5) is 28.0 Å². The van der Waals surface area contributed by atoms with Crippen LogP contribution in [0.15, 0.2) is 18.2 Å². The number of halogens is 4. The Morgan fingerprint density at radius 1 is 1.17 bits per heavy atom. The average Bonchev–Trinajstić information content (AvgIpc) is 2.64. The molecule has 2 amide bonds. The molecule has 1 aromatic carbocycles. The number of piperidine rings is 1. The van der Waals surface area contributed by atoms with Crippen molar-refractivity contribution >= 4 is 17.7 Å². The van der Waals surface area contributed by atoms with Gasteiger partial charge in [-0.3, -0.25) is 4.65 Å². The smallest absolute Gasteiger partial charge is 0.416 e. The molecule has 0 aromatic heterocycles. The van der Waals surface area contributed by atoms with Crippen molar-refractivity contribution in [1.82, 2.24) is 9.55 Å². The molecule has 1 aromatic rings. The number of ether oxygens (including phenoxy) is 1. The maximum atomic E-state index is 13.8. The minimum absolute atomic E-state index is 0.168. The van der Waals surface area contributed by atoms with Crippen LogP contribution in [-0.2, 0) is 15.7 Å². The van der Waals surface area contributed by atoms with Crippen LogP contribution in [0.1, 0.15) is 46.1 Å². The number of rotatable bonds is 3. The van der Waals surface area contributed by atoms with E-state index >= 15 is 0 Å². The largest absolute Gasteiger partial charge is 0.620 e. The third-order valence-corrected chi connectivity index (χ3v) is 4.92. The fourth-order valence-electron chi connectivity index (χ4n) is 3.34. The molecule has 1 unspecified atom stereocenters. The van der Waals surface area contributed by atoms with Gasteiger partial charge in [-0.05, 0) is 46.6 Å². The van der Waals surface area contributed by atoms with E-state index in [1.165, 1.54) is 11.8 Å². The van der Waals surface area contributed by atoms with E-state index in [0.717, 1.165) is 0 Å². The summed E-state index contributed by atoms with van der Waals surface area (Å²) in [4.78, 5) is 26.5. The highest BCUT2D eigenvalue weighted by Gasteiger charge is 2.40. The molecule has 30 heavy (non-hydrogen) atoms. The number of benzene rings is 1. The van der Waals surface area contributed by atoms with Crippen LogP contribution in [-0.4, -0.2) is 42.1 Å². The van der Waals surface area contributed by atoms with E-state index in [1.807, 2.05) is 0 Å². The lowest BCUT2D eigenvalue weighted by atomic mass is 9.94. The van der Waals surface area contributed by atoms with E-state index < -0.39 is 51.4 Å². The monoisotopic (exact) mass is 434 g/mol. The number of quaternary nitrogens is 1. The maximum absolute atomic E-state index is 13.8. The molecule has 1 heterocycles. The minimum Gasteiger partial charge on any atom is -0.620 e. The Labute approximate surface area is 172 Å². The van der Waals surface area contributed by atoms with Gasteiger partial charge in [0, 0.05) is 25.2 Å². The molecule has 1 atom stereocenters. The van der Waals surface area contributed by atoms with Gasteiger partial charge in [-0.1, -0.05) is 0 Å². The van der Waals surface area contributed by atoms with E-state index in [0.29, 0.717) is 12.1 Å². The number of carbonyl (C=O) groups excluding carboxylic acids is 2. The molecule has 0 radical (unpaired) electrons. The van der Waals surface area contributed by atoms with Crippen molar-refractivity contribution in [3.63, 3.8) is 0 Å². The minimum atomic E-state index is -4.85. The number of amides is 2. The summed E-state index contributed by atoms with van der Waals surface area (Å²) < 4.78 is 56.4. The lowest BCUT2D eigenvalue weighted by molar-refractivity contribution is -0.138. The molecule has 0 bridgehead atoms. The van der Waals surface area contributed by atoms with Gasteiger partial charge in [-0.25, -0.2) is 14.0 Å². The Bertz CT molecular complexity index is 799. The summed E-state index contributed by atoms with van der Waals surface area (Å²) >= 11 is 0. The number of hydroxylamine groups is 2. The number of likely N-dealkylation sites (tertiary alicyclic amines) is 1. The van der Waals surface area contributed by atoms with Gasteiger partial charge < -0.3 is 14.8 Å². The van der Waals surface area contributed by atoms with Crippen LogP contribution in [0.2, 0.25) is 0 Å². The van der Waals surface area contributed by atoms with Crippen LogP contribution < -0.4 is 4.65 Å². The molecule has 0 N–H and O–H groups in total. The normalized spacial score (nSPS) is 18.1. The van der Waals surface area contributed by atoms with E-state index in [-0.39, 0.29) is 38.5 Å². The maximum Gasteiger partial charge on any atom is 0.416 e. The second kappa shape index (κ2) is 8.50. The molecule has 0 aliphatic carbocycles. The zero-order valence-corrected chi connectivity index (χ0v) is 17.4. The third-order valence-electron chi connectivity index (χ3n) is 4.92. The first-order valence-electron chi connectivity index (χ1n) is 9.67. The highest BCUT2D eigenvalue weighted by Crippen LogP contribution is 2.36. The average molecular weight is 434 g/mol. The van der Waals surface area contributed by atoms with E-state index in [2.05, 4.69) is 0 Å². The quantitative estimate of drug-likeness (QED) is 0.388. The molecule has 10 heteroatoms. The Morgan fingerprint density at radius 3 is 2.20 bits per heavy atom. The van der Waals surface area contributed by atoms with E-state index in [1.54, 1.807) is 20.8 Å². The number of nitrogens with zero attached hydrogens (tertiary/aromatic N) is 2. The van der Waals surface area contributed by atoms with Crippen molar-refractivity contribution in [2.45, 2.75) is 52.3 Å². The Balaban J connectivity index is 2.19. The summed E-state index contributed by atoms with van der Waals surface area (Å²) in [5.41, 5.74) is -2.60. The zero-order valence-electron chi connectivity index (χ0n) is 17.4. The first kappa shape index (κ1) is 24.1. The number of alkyl halides is 3. The summed E-state index contributed by atoms with van der Waals surface area (Å²) in [6, 6.07) is 1.47. The van der Waals surface area contributed by atoms with Crippen LogP contribution in [0.3, 0.4) is 0 Å². The molecule has 1 aliphatic heterocycles. The Morgan fingerprint density at radius 2 is 1.73 bits per heavy atom. The molecule has 1 fully saturated rings. The predicted molar refractivity (Wildman–Crippen MR) is 103 cm³/mol. The second-order valence-electron chi connectivity index (χ2n) is 8.33. The van der Waals surface area contributed by atoms with Crippen molar-refractivity contribution < 1.29 is 31.9 Å². The molecule has 6 nitrogen and oxygen atoms in total. The summed E-state index contributed by atoms with van der Waals surface area (Å²) in [5, 5.41) is 13.3. The van der Waals surface area contributed by atoms with Gasteiger partial charge in [0.2, 0.25) is 0 Å². The van der Waals surface area contributed by atoms with E-state index in [4.69, 9.17) is 4.74 Å². The topological polar surface area (TPSA) is 69.7 Å². The highest BCUT2D eigenvalue weighted by molar-refractivity contribution is 5.91. The van der Waals surface area contributed by atoms with Crippen molar-refractivity contribution in [3.8, 4) is 0 Å². The molecule has 1 saturated heterocycles. The number of hydrogen-bond donors (Lipinski definition) is 0.